The average molecular weight is 313 g/mol. The van der Waals surface area contributed by atoms with Crippen LogP contribution in [-0.2, 0) is 17.9 Å². The molecule has 0 spiro atoms. The Hall–Kier alpha value is -1.88. The maximum absolute atomic E-state index is 11.8. The van der Waals surface area contributed by atoms with Gasteiger partial charge in [-0.25, -0.2) is 0 Å². The van der Waals surface area contributed by atoms with Gasteiger partial charge >= 0.3 is 5.97 Å². The third kappa shape index (κ3) is 2.17. The highest BCUT2D eigenvalue weighted by Gasteiger charge is 2.54. The van der Waals surface area contributed by atoms with Crippen molar-refractivity contribution in [3.8, 4) is 0 Å². The number of hydrogen-bond donors (Lipinski definition) is 1. The molecule has 2 aromatic rings. The number of para-hydroxylation sites is 1. The van der Waals surface area contributed by atoms with Crippen molar-refractivity contribution in [1.82, 2.24) is 14.7 Å². The Morgan fingerprint density at radius 2 is 2.26 bits per heavy atom. The van der Waals surface area contributed by atoms with Crippen LogP contribution in [0.3, 0.4) is 0 Å². The average Bonchev–Trinajstić information content (AvgIpc) is 3.19. The minimum Gasteiger partial charge on any atom is -0.481 e. The van der Waals surface area contributed by atoms with E-state index >= 15 is 0 Å². The fourth-order valence-corrected chi connectivity index (χ4v) is 4.63. The highest BCUT2D eigenvalue weighted by molar-refractivity contribution is 5.82. The third-order valence-corrected chi connectivity index (χ3v) is 5.77. The molecule has 5 nitrogen and oxygen atoms in total. The van der Waals surface area contributed by atoms with E-state index < -0.39 is 11.4 Å². The van der Waals surface area contributed by atoms with Crippen LogP contribution in [0.25, 0.3) is 10.9 Å². The summed E-state index contributed by atoms with van der Waals surface area (Å²) < 4.78 is 2.04. The molecule has 2 aliphatic rings. The molecule has 1 N–H and O–H groups in total. The molecule has 23 heavy (non-hydrogen) atoms. The van der Waals surface area contributed by atoms with Gasteiger partial charge in [-0.3, -0.25) is 14.4 Å². The summed E-state index contributed by atoms with van der Waals surface area (Å²) in [4.78, 5) is 14.1. The van der Waals surface area contributed by atoms with Crippen molar-refractivity contribution in [1.29, 1.82) is 0 Å². The maximum Gasteiger partial charge on any atom is 0.311 e. The van der Waals surface area contributed by atoms with Gasteiger partial charge in [0, 0.05) is 31.6 Å². The molecule has 0 radical (unpaired) electrons. The van der Waals surface area contributed by atoms with Gasteiger partial charge < -0.3 is 5.11 Å². The van der Waals surface area contributed by atoms with Gasteiger partial charge in [0.25, 0.3) is 0 Å². The quantitative estimate of drug-likeness (QED) is 0.943. The maximum atomic E-state index is 11.8. The summed E-state index contributed by atoms with van der Waals surface area (Å²) in [6.07, 6.45) is 2.93. The van der Waals surface area contributed by atoms with Crippen molar-refractivity contribution in [2.24, 2.45) is 11.3 Å². The van der Waals surface area contributed by atoms with Crippen LogP contribution in [0.1, 0.15) is 31.9 Å². The first-order valence-corrected chi connectivity index (χ1v) is 8.54. The molecule has 0 unspecified atom stereocenters. The van der Waals surface area contributed by atoms with E-state index in [9.17, 15) is 9.90 Å². The van der Waals surface area contributed by atoms with Crippen molar-refractivity contribution in [3.05, 3.63) is 30.0 Å². The molecule has 4 rings (SSSR count). The molecule has 122 valence electrons. The second kappa shape index (κ2) is 5.34. The van der Waals surface area contributed by atoms with Crippen LogP contribution < -0.4 is 0 Å². The Bertz CT molecular complexity index is 754. The van der Waals surface area contributed by atoms with Crippen molar-refractivity contribution < 1.29 is 9.90 Å². The summed E-state index contributed by atoms with van der Waals surface area (Å²) >= 11 is 0. The molecule has 2 atom stereocenters. The fourth-order valence-electron chi connectivity index (χ4n) is 4.63. The highest BCUT2D eigenvalue weighted by Crippen LogP contribution is 2.49. The fraction of sp³-hybridized carbons (Fsp3) is 0.556. The van der Waals surface area contributed by atoms with Crippen LogP contribution in [0.5, 0.6) is 0 Å². The molecule has 5 heteroatoms. The molecule has 2 fully saturated rings. The Balaban J connectivity index is 1.62. The second-order valence-electron chi connectivity index (χ2n) is 7.00. The van der Waals surface area contributed by atoms with Crippen LogP contribution in [0.15, 0.2) is 24.3 Å². The zero-order valence-electron chi connectivity index (χ0n) is 13.5. The van der Waals surface area contributed by atoms with E-state index in [-0.39, 0.29) is 0 Å². The number of aliphatic carboxylic acids is 1. The first-order valence-electron chi connectivity index (χ1n) is 8.54. The molecule has 1 saturated heterocycles. The van der Waals surface area contributed by atoms with Gasteiger partial charge in [-0.05, 0) is 31.7 Å². The smallest absolute Gasteiger partial charge is 0.311 e. The molecular weight excluding hydrogens is 290 g/mol. The van der Waals surface area contributed by atoms with Gasteiger partial charge in [-0.15, -0.1) is 0 Å². The van der Waals surface area contributed by atoms with E-state index in [4.69, 9.17) is 5.10 Å². The van der Waals surface area contributed by atoms with E-state index in [0.29, 0.717) is 12.5 Å². The van der Waals surface area contributed by atoms with Crippen LogP contribution in [-0.4, -0.2) is 38.8 Å². The van der Waals surface area contributed by atoms with Gasteiger partial charge in [-0.2, -0.15) is 5.10 Å². The standard InChI is InChI=1S/C18H23N3O2/c1-2-21-16-8-4-3-7-14(16)15(19-21)11-20-10-13-6-5-9-18(13,12-20)17(22)23/h3-4,7-8,13H,2,5-6,9-12H2,1H3,(H,22,23)/t13-,18+/m0/s1. The van der Waals surface area contributed by atoms with Crippen molar-refractivity contribution >= 4 is 16.9 Å². The third-order valence-electron chi connectivity index (χ3n) is 5.77. The van der Waals surface area contributed by atoms with E-state index in [1.165, 1.54) is 5.39 Å². The molecule has 2 heterocycles. The number of aromatic nitrogens is 2. The van der Waals surface area contributed by atoms with Crippen molar-refractivity contribution in [2.45, 2.75) is 39.3 Å². The van der Waals surface area contributed by atoms with E-state index in [0.717, 1.165) is 50.1 Å². The minimum atomic E-state index is -0.605. The monoisotopic (exact) mass is 313 g/mol. The predicted molar refractivity (Wildman–Crippen MR) is 88.1 cm³/mol. The van der Waals surface area contributed by atoms with Gasteiger partial charge in [0.1, 0.15) is 0 Å². The number of carbonyl (C=O) groups is 1. The lowest BCUT2D eigenvalue weighted by molar-refractivity contribution is -0.149. The van der Waals surface area contributed by atoms with Crippen molar-refractivity contribution in [3.63, 3.8) is 0 Å². The Kier molecular flexibility index (Phi) is 3.41. The second-order valence-corrected chi connectivity index (χ2v) is 7.00. The van der Waals surface area contributed by atoms with Crippen LogP contribution in [0.2, 0.25) is 0 Å². The first-order chi connectivity index (χ1) is 11.1. The number of benzene rings is 1. The number of hydrogen-bond acceptors (Lipinski definition) is 3. The molecule has 1 aliphatic heterocycles. The topological polar surface area (TPSA) is 58.4 Å². The van der Waals surface area contributed by atoms with Gasteiger partial charge in [0.05, 0.1) is 16.6 Å². The number of fused-ring (bicyclic) bond motifs is 2. The largest absolute Gasteiger partial charge is 0.481 e. The van der Waals surface area contributed by atoms with Crippen LogP contribution in [0, 0.1) is 11.3 Å². The number of nitrogens with zero attached hydrogens (tertiary/aromatic N) is 3. The summed E-state index contributed by atoms with van der Waals surface area (Å²) in [6.45, 7) is 5.25. The van der Waals surface area contributed by atoms with Crippen molar-refractivity contribution in [2.75, 3.05) is 13.1 Å². The molecule has 0 amide bonds. The summed E-state index contributed by atoms with van der Waals surface area (Å²) in [5, 5.41) is 15.7. The number of carboxylic acid groups (broad SMARTS) is 1. The Labute approximate surface area is 135 Å². The van der Waals surface area contributed by atoms with Crippen LogP contribution in [0.4, 0.5) is 0 Å². The zero-order chi connectivity index (χ0) is 16.0. The number of rotatable bonds is 4. The summed E-state index contributed by atoms with van der Waals surface area (Å²) in [5.41, 5.74) is 1.73. The number of likely N-dealkylation sites (tertiary alicyclic amines) is 1. The highest BCUT2D eigenvalue weighted by atomic mass is 16.4. The molecular formula is C18H23N3O2. The lowest BCUT2D eigenvalue weighted by Crippen LogP contribution is -2.35. The van der Waals surface area contributed by atoms with Gasteiger partial charge in [0.15, 0.2) is 0 Å². The lowest BCUT2D eigenvalue weighted by atomic mass is 9.81. The molecule has 1 aliphatic carbocycles. The molecule has 1 aromatic carbocycles. The lowest BCUT2D eigenvalue weighted by Gasteiger charge is -2.23. The molecule has 1 aromatic heterocycles. The molecule has 0 bridgehead atoms. The zero-order valence-corrected chi connectivity index (χ0v) is 13.5. The number of carboxylic acids is 1. The SMILES string of the molecule is CCn1nc(CN2C[C@@H]3CCC[C@@]3(C(=O)O)C2)c2ccccc21. The van der Waals surface area contributed by atoms with E-state index in [1.54, 1.807) is 0 Å². The first kappa shape index (κ1) is 14.7. The summed E-state index contributed by atoms with van der Waals surface area (Å²) in [5.74, 6) is -0.300. The predicted octanol–water partition coefficient (Wildman–Crippen LogP) is 2.74. The van der Waals surface area contributed by atoms with E-state index in [2.05, 4.69) is 24.0 Å². The normalized spacial score (nSPS) is 27.6. The Morgan fingerprint density at radius 3 is 3.00 bits per heavy atom. The van der Waals surface area contributed by atoms with Gasteiger partial charge in [-0.1, -0.05) is 24.6 Å². The number of aryl methyl sites for hydroxylation is 1. The van der Waals surface area contributed by atoms with Crippen LogP contribution >= 0.6 is 0 Å². The molecule has 1 saturated carbocycles. The van der Waals surface area contributed by atoms with E-state index in [1.807, 2.05) is 16.8 Å². The minimum absolute atomic E-state index is 0.305. The Morgan fingerprint density at radius 1 is 1.43 bits per heavy atom. The summed E-state index contributed by atoms with van der Waals surface area (Å²) in [7, 11) is 0. The van der Waals surface area contributed by atoms with Gasteiger partial charge in [0.2, 0.25) is 0 Å². The summed E-state index contributed by atoms with van der Waals surface area (Å²) in [6, 6.07) is 8.31.